The topological polar surface area (TPSA) is 72.2 Å². The van der Waals surface area contributed by atoms with Crippen LogP contribution in [0.4, 0.5) is 10.1 Å². The molecule has 3 N–H and O–H groups in total. The molecule has 7 heteroatoms. The smallest absolute Gasteiger partial charge is 0.242 e. The minimum Gasteiger partial charge on any atom is -0.396 e. The van der Waals surface area contributed by atoms with Crippen LogP contribution < -0.4 is 10.5 Å². The molecule has 1 aromatic rings. The predicted octanol–water partition coefficient (Wildman–Crippen LogP) is 3.23. The summed E-state index contributed by atoms with van der Waals surface area (Å²) in [6, 6.07) is 1.95. The zero-order valence-corrected chi connectivity index (χ0v) is 13.1. The minimum absolute atomic E-state index is 0.175. The van der Waals surface area contributed by atoms with Gasteiger partial charge in [0.05, 0.1) is 10.7 Å². The standard InChI is InChI=1S/C14H18ClFN2O2S/c15-11-8-12(16)13(17)9-14(11)21(19,20)18-7-6-10-4-2-1-3-5-10/h4,8-9,18H,1-3,5-7,17H2. The van der Waals surface area contributed by atoms with E-state index in [4.69, 9.17) is 17.3 Å². The quantitative estimate of drug-likeness (QED) is 0.642. The Kier molecular flexibility index (Phi) is 5.24. The molecule has 21 heavy (non-hydrogen) atoms. The lowest BCUT2D eigenvalue weighted by Crippen LogP contribution is -2.25. The van der Waals surface area contributed by atoms with Crippen molar-refractivity contribution in [1.82, 2.24) is 4.72 Å². The summed E-state index contributed by atoms with van der Waals surface area (Å²) in [4.78, 5) is -0.194. The normalized spacial score (nSPS) is 15.8. The Balaban J connectivity index is 2.05. The van der Waals surface area contributed by atoms with Gasteiger partial charge in [0.25, 0.3) is 0 Å². The Labute approximate surface area is 129 Å². The van der Waals surface area contributed by atoms with Gasteiger partial charge in [-0.3, -0.25) is 0 Å². The van der Waals surface area contributed by atoms with Gasteiger partial charge in [0.15, 0.2) is 0 Å². The molecule has 1 aliphatic carbocycles. The summed E-state index contributed by atoms with van der Waals surface area (Å²) in [7, 11) is -3.79. The van der Waals surface area contributed by atoms with Gasteiger partial charge in [-0.1, -0.05) is 23.3 Å². The number of hydrogen-bond donors (Lipinski definition) is 2. The monoisotopic (exact) mass is 332 g/mol. The van der Waals surface area contributed by atoms with E-state index in [1.54, 1.807) is 0 Å². The first kappa shape index (κ1) is 16.3. The van der Waals surface area contributed by atoms with E-state index >= 15 is 0 Å². The molecule has 4 nitrogen and oxygen atoms in total. The van der Waals surface area contributed by atoms with Crippen LogP contribution in [0.2, 0.25) is 5.02 Å². The van der Waals surface area contributed by atoms with Crippen LogP contribution in [0.15, 0.2) is 28.7 Å². The molecule has 1 aliphatic rings. The second kappa shape index (κ2) is 6.77. The number of halogens is 2. The van der Waals surface area contributed by atoms with Crippen molar-refractivity contribution >= 4 is 27.3 Å². The molecular weight excluding hydrogens is 315 g/mol. The molecule has 0 atom stereocenters. The molecule has 0 bridgehead atoms. The largest absolute Gasteiger partial charge is 0.396 e. The van der Waals surface area contributed by atoms with E-state index in [0.717, 1.165) is 31.4 Å². The highest BCUT2D eigenvalue weighted by atomic mass is 35.5. The number of rotatable bonds is 5. The fraction of sp³-hybridized carbons (Fsp3) is 0.429. The van der Waals surface area contributed by atoms with Crippen LogP contribution >= 0.6 is 11.6 Å². The first-order valence-electron chi connectivity index (χ1n) is 6.82. The molecule has 0 saturated heterocycles. The Hall–Kier alpha value is -1.11. The number of benzene rings is 1. The fourth-order valence-corrected chi connectivity index (χ4v) is 3.89. The highest BCUT2D eigenvalue weighted by molar-refractivity contribution is 7.89. The van der Waals surface area contributed by atoms with Gasteiger partial charge in [-0.15, -0.1) is 0 Å². The molecular formula is C14H18ClFN2O2S. The molecule has 0 aromatic heterocycles. The Bertz CT molecular complexity index is 659. The summed E-state index contributed by atoms with van der Waals surface area (Å²) in [5.41, 5.74) is 6.43. The zero-order chi connectivity index (χ0) is 15.5. The van der Waals surface area contributed by atoms with Gasteiger partial charge in [-0.2, -0.15) is 0 Å². The SMILES string of the molecule is Nc1cc(S(=O)(=O)NCCC2=CCCCC2)c(Cl)cc1F. The van der Waals surface area contributed by atoms with Crippen LogP contribution in [0, 0.1) is 5.82 Å². The van der Waals surface area contributed by atoms with Crippen LogP contribution in [-0.4, -0.2) is 15.0 Å². The molecule has 1 aromatic carbocycles. The number of anilines is 1. The first-order chi connectivity index (χ1) is 9.90. The Morgan fingerprint density at radius 2 is 2.10 bits per heavy atom. The maximum Gasteiger partial charge on any atom is 0.242 e. The van der Waals surface area contributed by atoms with E-state index < -0.39 is 15.8 Å². The van der Waals surface area contributed by atoms with Crippen LogP contribution in [0.25, 0.3) is 0 Å². The van der Waals surface area contributed by atoms with Gasteiger partial charge >= 0.3 is 0 Å². The van der Waals surface area contributed by atoms with Crippen molar-refractivity contribution in [2.24, 2.45) is 0 Å². The zero-order valence-electron chi connectivity index (χ0n) is 11.5. The van der Waals surface area contributed by atoms with Gasteiger partial charge in [0, 0.05) is 6.54 Å². The van der Waals surface area contributed by atoms with Crippen molar-refractivity contribution in [3.63, 3.8) is 0 Å². The molecule has 2 rings (SSSR count). The molecule has 0 fully saturated rings. The van der Waals surface area contributed by atoms with Crippen LogP contribution in [0.1, 0.15) is 32.1 Å². The van der Waals surface area contributed by atoms with Gasteiger partial charge < -0.3 is 5.73 Å². The molecule has 116 valence electrons. The second-order valence-corrected chi connectivity index (χ2v) is 7.20. The highest BCUT2D eigenvalue weighted by Crippen LogP contribution is 2.26. The summed E-state index contributed by atoms with van der Waals surface area (Å²) >= 11 is 5.79. The number of sulfonamides is 1. The molecule has 0 amide bonds. The van der Waals surface area contributed by atoms with Crippen molar-refractivity contribution in [3.8, 4) is 0 Å². The summed E-state index contributed by atoms with van der Waals surface area (Å²) < 4.78 is 40.0. The highest BCUT2D eigenvalue weighted by Gasteiger charge is 2.19. The lowest BCUT2D eigenvalue weighted by Gasteiger charge is -2.13. The lowest BCUT2D eigenvalue weighted by atomic mass is 9.97. The van der Waals surface area contributed by atoms with Crippen LogP contribution in [0.5, 0.6) is 0 Å². The molecule has 0 unspecified atom stereocenters. The molecule has 0 aliphatic heterocycles. The van der Waals surface area contributed by atoms with E-state index in [0.29, 0.717) is 13.0 Å². The molecule has 0 heterocycles. The van der Waals surface area contributed by atoms with Crippen molar-refractivity contribution < 1.29 is 12.8 Å². The summed E-state index contributed by atoms with van der Waals surface area (Å²) in [6.07, 6.45) is 7.27. The number of nitrogens with two attached hydrogens (primary N) is 1. The van der Waals surface area contributed by atoms with Crippen LogP contribution in [-0.2, 0) is 10.0 Å². The molecule has 0 spiro atoms. The average molecular weight is 333 g/mol. The van der Waals surface area contributed by atoms with E-state index in [-0.39, 0.29) is 15.6 Å². The predicted molar refractivity (Wildman–Crippen MR) is 82.2 cm³/mol. The Morgan fingerprint density at radius 1 is 1.33 bits per heavy atom. The van der Waals surface area contributed by atoms with Gasteiger partial charge in [-0.25, -0.2) is 17.5 Å². The maximum atomic E-state index is 13.2. The Morgan fingerprint density at radius 3 is 2.76 bits per heavy atom. The fourth-order valence-electron chi connectivity index (χ4n) is 2.31. The number of nitrogen functional groups attached to an aromatic ring is 1. The van der Waals surface area contributed by atoms with Gasteiger partial charge in [-0.05, 0) is 44.2 Å². The van der Waals surface area contributed by atoms with Crippen LogP contribution in [0.3, 0.4) is 0 Å². The number of allylic oxidation sites excluding steroid dienone is 1. The molecule has 0 saturated carbocycles. The van der Waals surface area contributed by atoms with Crippen molar-refractivity contribution in [3.05, 3.63) is 34.6 Å². The summed E-state index contributed by atoms with van der Waals surface area (Å²) in [5, 5.41) is -0.175. The van der Waals surface area contributed by atoms with E-state index in [1.165, 1.54) is 12.0 Å². The maximum absolute atomic E-state index is 13.2. The third-order valence-corrected chi connectivity index (χ3v) is 5.39. The van der Waals surface area contributed by atoms with Crippen molar-refractivity contribution in [2.45, 2.75) is 37.0 Å². The summed E-state index contributed by atoms with van der Waals surface area (Å²) in [5.74, 6) is -0.730. The van der Waals surface area contributed by atoms with E-state index in [2.05, 4.69) is 10.8 Å². The third-order valence-electron chi connectivity index (χ3n) is 3.46. The van der Waals surface area contributed by atoms with E-state index in [9.17, 15) is 12.8 Å². The van der Waals surface area contributed by atoms with Gasteiger partial charge in [0.2, 0.25) is 10.0 Å². The first-order valence-corrected chi connectivity index (χ1v) is 8.68. The summed E-state index contributed by atoms with van der Waals surface area (Å²) in [6.45, 7) is 0.293. The van der Waals surface area contributed by atoms with E-state index in [1.807, 2.05) is 0 Å². The minimum atomic E-state index is -3.79. The molecule has 0 radical (unpaired) electrons. The number of hydrogen-bond acceptors (Lipinski definition) is 3. The number of nitrogens with one attached hydrogen (secondary N) is 1. The second-order valence-electron chi connectivity index (χ2n) is 5.06. The lowest BCUT2D eigenvalue weighted by molar-refractivity contribution is 0.579. The average Bonchev–Trinajstić information content (AvgIpc) is 2.43. The van der Waals surface area contributed by atoms with Crippen molar-refractivity contribution in [2.75, 3.05) is 12.3 Å². The van der Waals surface area contributed by atoms with Gasteiger partial charge in [0.1, 0.15) is 10.7 Å². The third kappa shape index (κ3) is 4.18. The van der Waals surface area contributed by atoms with Crippen molar-refractivity contribution in [1.29, 1.82) is 0 Å².